The van der Waals surface area contributed by atoms with Crippen molar-refractivity contribution in [3.8, 4) is 0 Å². The van der Waals surface area contributed by atoms with Crippen molar-refractivity contribution in [2.75, 3.05) is 24.4 Å². The molecular weight excluding hydrogens is 443 g/mol. The molecular formula is C22H28F3N3O3S. The lowest BCUT2D eigenvalue weighted by Crippen LogP contribution is -2.67. The number of sulfonamides is 1. The van der Waals surface area contributed by atoms with Crippen molar-refractivity contribution >= 4 is 21.6 Å². The molecule has 1 aliphatic heterocycles. The van der Waals surface area contributed by atoms with E-state index in [2.05, 4.69) is 10.0 Å². The summed E-state index contributed by atoms with van der Waals surface area (Å²) in [6.07, 6.45) is 3.76. The van der Waals surface area contributed by atoms with Crippen LogP contribution in [0.15, 0.2) is 24.3 Å². The largest absolute Gasteiger partial charge is 0.335 e. The summed E-state index contributed by atoms with van der Waals surface area (Å²) in [5.41, 5.74) is -0.159. The molecule has 32 heavy (non-hydrogen) atoms. The number of nitrogens with zero attached hydrogens (tertiary/aromatic N) is 1. The van der Waals surface area contributed by atoms with Gasteiger partial charge < -0.3 is 10.2 Å². The van der Waals surface area contributed by atoms with Crippen LogP contribution in [0.1, 0.15) is 44.9 Å². The molecule has 5 fully saturated rings. The van der Waals surface area contributed by atoms with E-state index < -0.39 is 38.6 Å². The summed E-state index contributed by atoms with van der Waals surface area (Å²) in [5.74, 6) is -3.16. The highest BCUT2D eigenvalue weighted by Gasteiger charge is 2.63. The van der Waals surface area contributed by atoms with Gasteiger partial charge in [0.05, 0.1) is 17.8 Å². The quantitative estimate of drug-likeness (QED) is 0.668. The number of rotatable bonds is 6. The first-order valence-corrected chi connectivity index (χ1v) is 12.7. The zero-order valence-electron chi connectivity index (χ0n) is 17.7. The summed E-state index contributed by atoms with van der Waals surface area (Å²) >= 11 is 0. The summed E-state index contributed by atoms with van der Waals surface area (Å²) in [4.78, 5) is 13.7. The molecule has 2 unspecified atom stereocenters. The first kappa shape index (κ1) is 22.0. The van der Waals surface area contributed by atoms with Crippen molar-refractivity contribution in [3.05, 3.63) is 30.1 Å². The average molecular weight is 472 g/mol. The number of carbonyl (C=O) groups is 1. The maximum absolute atomic E-state index is 13.5. The zero-order valence-corrected chi connectivity index (χ0v) is 18.6. The number of likely N-dealkylation sites (tertiary alicyclic amines) is 1. The highest BCUT2D eigenvalue weighted by Crippen LogP contribution is 2.60. The number of hydrogen-bond donors (Lipinski definition) is 2. The first-order chi connectivity index (χ1) is 15.0. The Morgan fingerprint density at radius 3 is 2.34 bits per heavy atom. The molecule has 1 aromatic rings. The lowest BCUT2D eigenvalue weighted by molar-refractivity contribution is -0.131. The smallest absolute Gasteiger partial charge is 0.267 e. The first-order valence-electron chi connectivity index (χ1n) is 11.2. The minimum absolute atomic E-state index is 0.0473. The van der Waals surface area contributed by atoms with E-state index >= 15 is 0 Å². The van der Waals surface area contributed by atoms with Crippen LogP contribution in [0.25, 0.3) is 0 Å². The van der Waals surface area contributed by atoms with Gasteiger partial charge in [0, 0.05) is 24.2 Å². The van der Waals surface area contributed by atoms with E-state index in [0.717, 1.165) is 19.3 Å². The van der Waals surface area contributed by atoms with Crippen LogP contribution < -0.4 is 10.0 Å². The molecule has 10 heteroatoms. The molecule has 176 valence electrons. The van der Waals surface area contributed by atoms with Crippen molar-refractivity contribution in [1.82, 2.24) is 10.2 Å². The molecule has 0 aromatic heterocycles. The molecule has 6 rings (SSSR count). The van der Waals surface area contributed by atoms with Crippen molar-refractivity contribution in [2.45, 2.75) is 61.2 Å². The molecule has 2 N–H and O–H groups in total. The monoisotopic (exact) mass is 471 g/mol. The standard InChI is InChI=1S/C22H28F3N3O3S/c23-17-1-3-18(4-2-17)27-32(30,31)21-10-15-7-16(11-21)9-20(8-15,13-21)26-12-19(29)28-6-5-22(24,25)14-28/h1-4,15-16,26-27H,5-14H2. The summed E-state index contributed by atoms with van der Waals surface area (Å²) < 4.78 is 68.9. The van der Waals surface area contributed by atoms with Crippen LogP contribution in [0.2, 0.25) is 0 Å². The number of anilines is 1. The molecule has 0 spiro atoms. The molecule has 4 saturated carbocycles. The van der Waals surface area contributed by atoms with Crippen molar-refractivity contribution in [3.63, 3.8) is 0 Å². The zero-order chi connectivity index (χ0) is 22.8. The maximum atomic E-state index is 13.5. The molecule has 1 saturated heterocycles. The van der Waals surface area contributed by atoms with E-state index in [-0.39, 0.29) is 37.3 Å². The van der Waals surface area contributed by atoms with E-state index in [1.54, 1.807) is 0 Å². The van der Waals surface area contributed by atoms with Gasteiger partial charge in [-0.2, -0.15) is 0 Å². The molecule has 1 aromatic carbocycles. The SMILES string of the molecule is O=C(CNC12CC3CC(C1)CC(S(=O)(=O)Nc1ccc(F)cc1)(C3)C2)N1CCC(F)(F)C1. The van der Waals surface area contributed by atoms with Crippen LogP contribution in [0.3, 0.4) is 0 Å². The second-order valence-electron chi connectivity index (χ2n) is 10.3. The van der Waals surface area contributed by atoms with E-state index in [9.17, 15) is 26.4 Å². The van der Waals surface area contributed by atoms with Gasteiger partial charge in [-0.25, -0.2) is 21.6 Å². The van der Waals surface area contributed by atoms with Gasteiger partial charge >= 0.3 is 0 Å². The number of nitrogens with one attached hydrogen (secondary N) is 2. The molecule has 0 radical (unpaired) electrons. The number of alkyl halides is 2. The van der Waals surface area contributed by atoms with Crippen LogP contribution in [-0.4, -0.2) is 55.1 Å². The van der Waals surface area contributed by atoms with Crippen molar-refractivity contribution in [1.29, 1.82) is 0 Å². The second kappa shape index (κ2) is 7.35. The maximum Gasteiger partial charge on any atom is 0.267 e. The predicted molar refractivity (Wildman–Crippen MR) is 113 cm³/mol. The van der Waals surface area contributed by atoms with Gasteiger partial charge in [-0.05, 0) is 74.6 Å². The highest BCUT2D eigenvalue weighted by atomic mass is 32.2. The molecule has 1 amide bonds. The third-order valence-electron chi connectivity index (χ3n) is 7.81. The Labute approximate surface area is 186 Å². The number of amides is 1. The van der Waals surface area contributed by atoms with E-state index in [4.69, 9.17) is 0 Å². The van der Waals surface area contributed by atoms with E-state index in [0.29, 0.717) is 24.9 Å². The number of hydrogen-bond acceptors (Lipinski definition) is 4. The molecule has 4 aliphatic carbocycles. The number of benzene rings is 1. The number of halogens is 3. The molecule has 6 nitrogen and oxygen atoms in total. The van der Waals surface area contributed by atoms with Gasteiger partial charge in [0.2, 0.25) is 15.9 Å². The Hall–Kier alpha value is -1.81. The minimum atomic E-state index is -3.76. The highest BCUT2D eigenvalue weighted by molar-refractivity contribution is 7.94. The number of carbonyl (C=O) groups excluding carboxylic acids is 1. The van der Waals surface area contributed by atoms with Gasteiger partial charge in [-0.15, -0.1) is 0 Å². The van der Waals surface area contributed by atoms with Crippen LogP contribution >= 0.6 is 0 Å². The molecule has 5 aliphatic rings. The molecule has 4 bridgehead atoms. The van der Waals surface area contributed by atoms with Crippen molar-refractivity contribution < 1.29 is 26.4 Å². The Balaban J connectivity index is 1.32. The van der Waals surface area contributed by atoms with Crippen LogP contribution in [-0.2, 0) is 14.8 Å². The lowest BCUT2D eigenvalue weighted by Gasteiger charge is -2.61. The third-order valence-corrected chi connectivity index (χ3v) is 9.93. The predicted octanol–water partition coefficient (Wildman–Crippen LogP) is 3.12. The topological polar surface area (TPSA) is 78.5 Å². The van der Waals surface area contributed by atoms with Gasteiger partial charge in [0.15, 0.2) is 0 Å². The van der Waals surface area contributed by atoms with Gasteiger partial charge in [-0.3, -0.25) is 9.52 Å². The Kier molecular flexibility index (Phi) is 5.05. The van der Waals surface area contributed by atoms with Crippen LogP contribution in [0.5, 0.6) is 0 Å². The van der Waals surface area contributed by atoms with Gasteiger partial charge in [-0.1, -0.05) is 0 Å². The summed E-state index contributed by atoms with van der Waals surface area (Å²) in [6, 6.07) is 5.25. The molecule has 1 heterocycles. The van der Waals surface area contributed by atoms with Gasteiger partial charge in [0.25, 0.3) is 5.92 Å². The summed E-state index contributed by atoms with van der Waals surface area (Å²) in [7, 11) is -3.76. The molecule has 2 atom stereocenters. The van der Waals surface area contributed by atoms with Crippen LogP contribution in [0, 0.1) is 17.7 Å². The van der Waals surface area contributed by atoms with Crippen LogP contribution in [0.4, 0.5) is 18.9 Å². The fraction of sp³-hybridized carbons (Fsp3) is 0.682. The van der Waals surface area contributed by atoms with E-state index in [1.165, 1.54) is 29.2 Å². The average Bonchev–Trinajstić information content (AvgIpc) is 3.07. The normalized spacial score (nSPS) is 35.3. The summed E-state index contributed by atoms with van der Waals surface area (Å²) in [6.45, 7) is -0.561. The third kappa shape index (κ3) is 3.89. The minimum Gasteiger partial charge on any atom is -0.335 e. The Morgan fingerprint density at radius 1 is 1.09 bits per heavy atom. The Morgan fingerprint density at radius 2 is 1.75 bits per heavy atom. The Bertz CT molecular complexity index is 1000. The summed E-state index contributed by atoms with van der Waals surface area (Å²) in [5, 5.41) is 3.32. The fourth-order valence-electron chi connectivity index (χ4n) is 6.80. The van der Waals surface area contributed by atoms with E-state index in [1.807, 2.05) is 0 Å². The second-order valence-corrected chi connectivity index (χ2v) is 12.4. The van der Waals surface area contributed by atoms with Gasteiger partial charge in [0.1, 0.15) is 5.82 Å². The fourth-order valence-corrected chi connectivity index (χ4v) is 8.84. The van der Waals surface area contributed by atoms with Crippen molar-refractivity contribution in [2.24, 2.45) is 11.8 Å². The lowest BCUT2D eigenvalue weighted by atomic mass is 9.52.